The van der Waals surface area contributed by atoms with Crippen LogP contribution in [-0.4, -0.2) is 23.8 Å². The average Bonchev–Trinajstić information content (AvgIpc) is 2.17. The van der Waals surface area contributed by atoms with Crippen LogP contribution in [0.15, 0.2) is 18.2 Å². The molecule has 0 saturated carbocycles. The van der Waals surface area contributed by atoms with E-state index in [1.807, 2.05) is 0 Å². The third-order valence-corrected chi connectivity index (χ3v) is 2.18. The second-order valence-corrected chi connectivity index (χ2v) is 3.73. The van der Waals surface area contributed by atoms with E-state index in [0.717, 1.165) is 12.8 Å². The Hall–Kier alpha value is -0.705. The van der Waals surface area contributed by atoms with Crippen molar-refractivity contribution in [2.75, 3.05) is 6.61 Å². The lowest BCUT2D eigenvalue weighted by atomic mass is 9.80. The SMILES string of the molecule is CCCCOc1cc(Cl)cc(B(O)O)c1. The summed E-state index contributed by atoms with van der Waals surface area (Å²) < 4.78 is 5.41. The zero-order valence-corrected chi connectivity index (χ0v) is 9.37. The monoisotopic (exact) mass is 228 g/mol. The fourth-order valence-electron chi connectivity index (χ4n) is 1.15. The van der Waals surface area contributed by atoms with Crippen LogP contribution in [0.1, 0.15) is 19.8 Å². The van der Waals surface area contributed by atoms with Gasteiger partial charge in [-0.05, 0) is 30.1 Å². The van der Waals surface area contributed by atoms with Gasteiger partial charge in [0.1, 0.15) is 5.75 Å². The summed E-state index contributed by atoms with van der Waals surface area (Å²) in [5, 5.41) is 18.4. The van der Waals surface area contributed by atoms with Gasteiger partial charge < -0.3 is 14.8 Å². The van der Waals surface area contributed by atoms with Crippen molar-refractivity contribution >= 4 is 24.2 Å². The lowest BCUT2D eigenvalue weighted by Crippen LogP contribution is -2.29. The van der Waals surface area contributed by atoms with E-state index in [2.05, 4.69) is 6.92 Å². The van der Waals surface area contributed by atoms with Crippen molar-refractivity contribution in [3.05, 3.63) is 23.2 Å². The summed E-state index contributed by atoms with van der Waals surface area (Å²) in [5.74, 6) is 0.569. The van der Waals surface area contributed by atoms with Gasteiger partial charge in [-0.15, -0.1) is 0 Å². The molecule has 0 amide bonds. The largest absolute Gasteiger partial charge is 0.494 e. The Labute approximate surface area is 94.8 Å². The molecule has 0 atom stereocenters. The maximum absolute atomic E-state index is 8.99. The van der Waals surface area contributed by atoms with Crippen LogP contribution < -0.4 is 10.2 Å². The molecule has 0 unspecified atom stereocenters. The molecule has 0 heterocycles. The fraction of sp³-hybridized carbons (Fsp3) is 0.400. The summed E-state index contributed by atoms with van der Waals surface area (Å²) in [5.41, 5.74) is 0.342. The zero-order chi connectivity index (χ0) is 11.3. The molecule has 15 heavy (non-hydrogen) atoms. The molecule has 0 aliphatic carbocycles. The van der Waals surface area contributed by atoms with Gasteiger partial charge >= 0.3 is 7.12 Å². The highest BCUT2D eigenvalue weighted by Crippen LogP contribution is 2.16. The van der Waals surface area contributed by atoms with Crippen LogP contribution in [0.5, 0.6) is 5.75 Å². The Balaban J connectivity index is 2.71. The second-order valence-electron chi connectivity index (χ2n) is 3.30. The topological polar surface area (TPSA) is 49.7 Å². The molecule has 1 rings (SSSR count). The first-order valence-corrected chi connectivity index (χ1v) is 5.30. The van der Waals surface area contributed by atoms with Gasteiger partial charge in [0.25, 0.3) is 0 Å². The molecular weight excluding hydrogens is 214 g/mol. The molecule has 3 nitrogen and oxygen atoms in total. The maximum Gasteiger partial charge on any atom is 0.488 e. The minimum atomic E-state index is -1.52. The number of benzene rings is 1. The van der Waals surface area contributed by atoms with Gasteiger partial charge in [0.15, 0.2) is 0 Å². The quantitative estimate of drug-likeness (QED) is 0.588. The zero-order valence-electron chi connectivity index (χ0n) is 8.61. The number of hydrogen-bond donors (Lipinski definition) is 2. The molecule has 1 aromatic rings. The molecule has 0 aliphatic heterocycles. The third kappa shape index (κ3) is 4.12. The van der Waals surface area contributed by atoms with Crippen LogP contribution in [0, 0.1) is 0 Å². The van der Waals surface area contributed by atoms with Crippen molar-refractivity contribution < 1.29 is 14.8 Å². The minimum absolute atomic E-state index is 0.342. The first-order valence-electron chi connectivity index (χ1n) is 4.93. The van der Waals surface area contributed by atoms with Gasteiger partial charge in [-0.3, -0.25) is 0 Å². The smallest absolute Gasteiger partial charge is 0.488 e. The second kappa shape index (κ2) is 6.00. The predicted octanol–water partition coefficient (Wildman–Crippen LogP) is 1.20. The Kier molecular flexibility index (Phi) is 4.95. The van der Waals surface area contributed by atoms with Crippen LogP contribution in [0.3, 0.4) is 0 Å². The van der Waals surface area contributed by atoms with Gasteiger partial charge in [-0.2, -0.15) is 0 Å². The van der Waals surface area contributed by atoms with Gasteiger partial charge in [0.05, 0.1) is 6.61 Å². The Morgan fingerprint density at radius 3 is 2.67 bits per heavy atom. The molecule has 5 heteroatoms. The summed E-state index contributed by atoms with van der Waals surface area (Å²) in [6.45, 7) is 2.68. The lowest BCUT2D eigenvalue weighted by molar-refractivity contribution is 0.309. The maximum atomic E-state index is 8.99. The highest BCUT2D eigenvalue weighted by Gasteiger charge is 2.12. The van der Waals surface area contributed by atoms with Crippen LogP contribution in [0.2, 0.25) is 5.02 Å². The molecule has 0 aromatic heterocycles. The van der Waals surface area contributed by atoms with Crippen molar-refractivity contribution in [2.24, 2.45) is 0 Å². The van der Waals surface area contributed by atoms with E-state index in [1.54, 1.807) is 12.1 Å². The number of ether oxygens (including phenoxy) is 1. The summed E-state index contributed by atoms with van der Waals surface area (Å²) in [6, 6.07) is 4.73. The van der Waals surface area contributed by atoms with Crippen LogP contribution in [-0.2, 0) is 0 Å². The van der Waals surface area contributed by atoms with E-state index in [4.69, 9.17) is 26.4 Å². The van der Waals surface area contributed by atoms with Crippen molar-refractivity contribution in [3.63, 3.8) is 0 Å². The molecule has 2 N–H and O–H groups in total. The minimum Gasteiger partial charge on any atom is -0.494 e. The predicted molar refractivity (Wildman–Crippen MR) is 61.7 cm³/mol. The molecular formula is C10H14BClO3. The number of unbranched alkanes of at least 4 members (excludes halogenated alkanes) is 1. The fourth-order valence-corrected chi connectivity index (χ4v) is 1.38. The van der Waals surface area contributed by atoms with Crippen LogP contribution in [0.25, 0.3) is 0 Å². The summed E-state index contributed by atoms with van der Waals surface area (Å²) in [6.07, 6.45) is 2.01. The Morgan fingerprint density at radius 1 is 1.33 bits per heavy atom. The molecule has 0 fully saturated rings. The highest BCUT2D eigenvalue weighted by atomic mass is 35.5. The van der Waals surface area contributed by atoms with Crippen LogP contribution in [0.4, 0.5) is 0 Å². The standard InChI is InChI=1S/C10H14BClO3/c1-2-3-4-15-10-6-8(11(13)14)5-9(12)7-10/h5-7,13-14H,2-4H2,1H3. The van der Waals surface area contributed by atoms with E-state index in [1.165, 1.54) is 6.07 Å². The Morgan fingerprint density at radius 2 is 2.07 bits per heavy atom. The van der Waals surface area contributed by atoms with Gasteiger partial charge in [0, 0.05) is 5.02 Å². The van der Waals surface area contributed by atoms with Crippen molar-refractivity contribution in [1.82, 2.24) is 0 Å². The first kappa shape index (κ1) is 12.4. The average molecular weight is 228 g/mol. The number of halogens is 1. The van der Waals surface area contributed by atoms with E-state index in [9.17, 15) is 0 Å². The molecule has 1 aromatic carbocycles. The lowest BCUT2D eigenvalue weighted by Gasteiger charge is -2.08. The van der Waals surface area contributed by atoms with Gasteiger partial charge in [-0.25, -0.2) is 0 Å². The van der Waals surface area contributed by atoms with Gasteiger partial charge in [0.2, 0.25) is 0 Å². The summed E-state index contributed by atoms with van der Waals surface area (Å²) >= 11 is 5.80. The van der Waals surface area contributed by atoms with Crippen molar-refractivity contribution in [3.8, 4) is 5.75 Å². The van der Waals surface area contributed by atoms with Crippen molar-refractivity contribution in [1.29, 1.82) is 0 Å². The van der Waals surface area contributed by atoms with E-state index < -0.39 is 7.12 Å². The summed E-state index contributed by atoms with van der Waals surface area (Å²) in [4.78, 5) is 0. The summed E-state index contributed by atoms with van der Waals surface area (Å²) in [7, 11) is -1.52. The molecule has 0 spiro atoms. The normalized spacial score (nSPS) is 10.1. The highest BCUT2D eigenvalue weighted by molar-refractivity contribution is 6.59. The van der Waals surface area contributed by atoms with E-state index >= 15 is 0 Å². The Bertz CT molecular complexity index is 318. The van der Waals surface area contributed by atoms with Crippen LogP contribution >= 0.6 is 11.6 Å². The first-order chi connectivity index (χ1) is 7.13. The number of rotatable bonds is 5. The molecule has 0 aliphatic rings. The molecule has 0 bridgehead atoms. The van der Waals surface area contributed by atoms with Crippen molar-refractivity contribution in [2.45, 2.75) is 19.8 Å². The molecule has 0 radical (unpaired) electrons. The van der Waals surface area contributed by atoms with E-state index in [0.29, 0.717) is 22.8 Å². The molecule has 82 valence electrons. The number of hydrogen-bond acceptors (Lipinski definition) is 3. The van der Waals surface area contributed by atoms with E-state index in [-0.39, 0.29) is 0 Å². The molecule has 0 saturated heterocycles. The third-order valence-electron chi connectivity index (χ3n) is 1.96. The van der Waals surface area contributed by atoms with Gasteiger partial charge in [-0.1, -0.05) is 24.9 Å².